The fourth-order valence-corrected chi connectivity index (χ4v) is 6.61. The van der Waals surface area contributed by atoms with Gasteiger partial charge in [-0.3, -0.25) is 14.5 Å². The highest BCUT2D eigenvalue weighted by Crippen LogP contribution is 2.39. The van der Waals surface area contributed by atoms with E-state index in [0.717, 1.165) is 11.1 Å². The highest BCUT2D eigenvalue weighted by atomic mass is 19.4. The number of carbonyl (C=O) groups is 2. The van der Waals surface area contributed by atoms with Gasteiger partial charge in [0.2, 0.25) is 5.91 Å². The van der Waals surface area contributed by atoms with Crippen molar-refractivity contribution in [1.82, 2.24) is 9.80 Å². The fourth-order valence-electron chi connectivity index (χ4n) is 6.61. The summed E-state index contributed by atoms with van der Waals surface area (Å²) in [4.78, 5) is 30.8. The van der Waals surface area contributed by atoms with Crippen molar-refractivity contribution in [2.24, 2.45) is 5.92 Å². The Bertz CT molecular complexity index is 1470. The Labute approximate surface area is 256 Å². The van der Waals surface area contributed by atoms with Gasteiger partial charge in [-0.1, -0.05) is 62.4 Å². The molecular formula is C35H39F4N3O2. The van der Waals surface area contributed by atoms with Gasteiger partial charge in [0.25, 0.3) is 5.91 Å². The van der Waals surface area contributed by atoms with Crippen LogP contribution in [0.15, 0.2) is 66.7 Å². The average molecular weight is 610 g/mol. The van der Waals surface area contributed by atoms with E-state index in [-0.39, 0.29) is 30.4 Å². The number of hydrogen-bond acceptors (Lipinski definition) is 3. The highest BCUT2D eigenvalue weighted by Gasteiger charge is 2.46. The molecule has 3 unspecified atom stereocenters. The normalized spacial score (nSPS) is 21.1. The number of piperidine rings is 1. The van der Waals surface area contributed by atoms with E-state index < -0.39 is 35.9 Å². The molecule has 2 aliphatic rings. The van der Waals surface area contributed by atoms with Gasteiger partial charge < -0.3 is 10.2 Å². The topological polar surface area (TPSA) is 52.7 Å². The van der Waals surface area contributed by atoms with Gasteiger partial charge in [-0.25, -0.2) is 4.39 Å². The lowest BCUT2D eigenvalue weighted by atomic mass is 9.83. The third-order valence-corrected chi connectivity index (χ3v) is 8.93. The molecule has 0 aromatic heterocycles. The molecule has 2 heterocycles. The van der Waals surface area contributed by atoms with E-state index in [2.05, 4.69) is 19.2 Å². The van der Waals surface area contributed by atoms with Crippen LogP contribution < -0.4 is 5.32 Å². The Balaban J connectivity index is 1.46. The first-order chi connectivity index (χ1) is 20.9. The van der Waals surface area contributed by atoms with Crippen LogP contribution in [0.3, 0.4) is 0 Å². The highest BCUT2D eigenvalue weighted by molar-refractivity contribution is 5.98. The molecule has 0 spiro atoms. The lowest BCUT2D eigenvalue weighted by Crippen LogP contribution is -2.46. The van der Waals surface area contributed by atoms with Crippen LogP contribution in [0.2, 0.25) is 0 Å². The second-order valence-corrected chi connectivity index (χ2v) is 12.3. The van der Waals surface area contributed by atoms with Crippen LogP contribution in [0.4, 0.5) is 23.2 Å². The summed E-state index contributed by atoms with van der Waals surface area (Å²) in [6.07, 6.45) is -2.62. The monoisotopic (exact) mass is 609 g/mol. The number of rotatable bonds is 7. The first kappa shape index (κ1) is 31.7. The van der Waals surface area contributed by atoms with Gasteiger partial charge in [-0.2, -0.15) is 13.2 Å². The number of nitrogens with zero attached hydrogens (tertiary/aromatic N) is 2. The maximum atomic E-state index is 15.0. The number of benzene rings is 3. The zero-order chi connectivity index (χ0) is 31.6. The van der Waals surface area contributed by atoms with Gasteiger partial charge in [0.15, 0.2) is 0 Å². The molecule has 1 N–H and O–H groups in total. The summed E-state index contributed by atoms with van der Waals surface area (Å²) in [5.41, 5.74) is 3.62. The summed E-state index contributed by atoms with van der Waals surface area (Å²) in [5.74, 6) is -1.70. The Morgan fingerprint density at radius 2 is 1.66 bits per heavy atom. The molecule has 3 aromatic carbocycles. The molecule has 0 radical (unpaired) electrons. The lowest BCUT2D eigenvalue weighted by Gasteiger charge is -2.41. The molecule has 2 aliphatic heterocycles. The van der Waals surface area contributed by atoms with E-state index in [0.29, 0.717) is 49.2 Å². The van der Waals surface area contributed by atoms with Gasteiger partial charge in [-0.05, 0) is 85.5 Å². The quantitative estimate of drug-likeness (QED) is 0.276. The smallest absolute Gasteiger partial charge is 0.331 e. The van der Waals surface area contributed by atoms with Crippen molar-refractivity contribution in [2.45, 2.75) is 77.2 Å². The molecule has 0 bridgehead atoms. The van der Waals surface area contributed by atoms with Crippen molar-refractivity contribution in [3.63, 3.8) is 0 Å². The van der Waals surface area contributed by atoms with Crippen molar-refractivity contribution in [3.8, 4) is 0 Å². The van der Waals surface area contributed by atoms with E-state index in [1.165, 1.54) is 11.0 Å². The van der Waals surface area contributed by atoms with Crippen molar-refractivity contribution >= 4 is 17.5 Å². The molecule has 2 fully saturated rings. The van der Waals surface area contributed by atoms with Gasteiger partial charge >= 0.3 is 6.18 Å². The lowest BCUT2D eigenvalue weighted by molar-refractivity contribution is -0.177. The second-order valence-electron chi connectivity index (χ2n) is 12.3. The largest absolute Gasteiger partial charge is 0.404 e. The minimum atomic E-state index is -4.28. The van der Waals surface area contributed by atoms with Crippen LogP contribution in [0, 0.1) is 18.7 Å². The first-order valence-corrected chi connectivity index (χ1v) is 15.3. The molecular weight excluding hydrogens is 570 g/mol. The van der Waals surface area contributed by atoms with Crippen LogP contribution >= 0.6 is 0 Å². The molecule has 3 aromatic rings. The zero-order valence-electron chi connectivity index (χ0n) is 25.3. The number of nitrogens with one attached hydrogen (secondary N) is 1. The molecule has 44 heavy (non-hydrogen) atoms. The van der Waals surface area contributed by atoms with E-state index >= 15 is 0 Å². The number of hydrogen-bond donors (Lipinski definition) is 1. The summed E-state index contributed by atoms with van der Waals surface area (Å²) in [7, 11) is 0. The van der Waals surface area contributed by atoms with E-state index in [4.69, 9.17) is 0 Å². The SMILES string of the molecule is Cc1cccc(F)c1C(=O)N1CCCC(C(=O)Nc2cccc(C(C)C)c2)C1c1ccc(CN2CCCC2C(F)(F)F)cc1. The molecule has 2 amide bonds. The Kier molecular flexibility index (Phi) is 9.44. The fraction of sp³-hybridized carbons (Fsp3) is 0.429. The Hall–Kier alpha value is -3.72. The maximum absolute atomic E-state index is 15.0. The predicted octanol–water partition coefficient (Wildman–Crippen LogP) is 8.02. The number of aryl methyl sites for hydroxylation is 1. The van der Waals surface area contributed by atoms with Crippen LogP contribution in [0.5, 0.6) is 0 Å². The van der Waals surface area contributed by atoms with Crippen LogP contribution in [0.1, 0.15) is 84.1 Å². The van der Waals surface area contributed by atoms with E-state index in [9.17, 15) is 27.2 Å². The maximum Gasteiger partial charge on any atom is 0.404 e. The predicted molar refractivity (Wildman–Crippen MR) is 163 cm³/mol. The Morgan fingerprint density at radius 1 is 0.955 bits per heavy atom. The third kappa shape index (κ3) is 6.83. The molecule has 0 saturated carbocycles. The number of likely N-dealkylation sites (tertiary alicyclic amines) is 2. The van der Waals surface area contributed by atoms with Gasteiger partial charge in [0, 0.05) is 18.8 Å². The van der Waals surface area contributed by atoms with Gasteiger partial charge in [0.1, 0.15) is 11.9 Å². The van der Waals surface area contributed by atoms with Crippen LogP contribution in [0.25, 0.3) is 0 Å². The van der Waals surface area contributed by atoms with E-state index in [1.807, 2.05) is 24.3 Å². The van der Waals surface area contributed by atoms with Crippen molar-refractivity contribution in [2.75, 3.05) is 18.4 Å². The third-order valence-electron chi connectivity index (χ3n) is 8.93. The first-order valence-electron chi connectivity index (χ1n) is 15.3. The molecule has 5 rings (SSSR count). The van der Waals surface area contributed by atoms with Crippen LogP contribution in [-0.2, 0) is 11.3 Å². The minimum Gasteiger partial charge on any atom is -0.331 e. The molecule has 5 nitrogen and oxygen atoms in total. The standard InChI is InChI=1S/C35H39F4N3O2/c1-22(2)26-9-5-10-27(20-26)40-33(43)28-11-6-19-42(34(44)31-23(3)8-4-12-29(31)36)32(28)25-16-14-24(15-17-25)21-41-18-7-13-30(41)35(37,38)39/h4-5,8-10,12,14-17,20,22,28,30,32H,6-7,11,13,18-19,21H2,1-3H3,(H,40,43). The van der Waals surface area contributed by atoms with Crippen LogP contribution in [-0.4, -0.2) is 46.9 Å². The minimum absolute atomic E-state index is 0.0213. The number of carbonyl (C=O) groups excluding carboxylic acids is 2. The second kappa shape index (κ2) is 13.1. The molecule has 2 saturated heterocycles. The summed E-state index contributed by atoms with van der Waals surface area (Å²) >= 11 is 0. The molecule has 234 valence electrons. The van der Waals surface area contributed by atoms with Crippen molar-refractivity contribution in [3.05, 3.63) is 100 Å². The summed E-state index contributed by atoms with van der Waals surface area (Å²) in [6.45, 7) is 6.70. The number of anilines is 1. The molecule has 0 aliphatic carbocycles. The van der Waals surface area contributed by atoms with Crippen molar-refractivity contribution in [1.29, 1.82) is 0 Å². The number of amides is 2. The average Bonchev–Trinajstić information content (AvgIpc) is 3.46. The summed E-state index contributed by atoms with van der Waals surface area (Å²) in [5, 5.41) is 3.04. The van der Waals surface area contributed by atoms with Crippen molar-refractivity contribution < 1.29 is 27.2 Å². The van der Waals surface area contributed by atoms with E-state index in [1.54, 1.807) is 48.2 Å². The zero-order valence-corrected chi connectivity index (χ0v) is 25.3. The Morgan fingerprint density at radius 3 is 2.34 bits per heavy atom. The number of halogens is 4. The van der Waals surface area contributed by atoms with Gasteiger partial charge in [0.05, 0.1) is 17.5 Å². The molecule has 9 heteroatoms. The number of alkyl halides is 3. The van der Waals surface area contributed by atoms with Gasteiger partial charge in [-0.15, -0.1) is 0 Å². The summed E-state index contributed by atoms with van der Waals surface area (Å²) in [6, 6.07) is 17.1. The molecule has 3 atom stereocenters. The summed E-state index contributed by atoms with van der Waals surface area (Å²) < 4.78 is 55.6.